The van der Waals surface area contributed by atoms with Crippen LogP contribution >= 0.6 is 0 Å². The Morgan fingerprint density at radius 3 is 2.59 bits per heavy atom. The van der Waals surface area contributed by atoms with Crippen LogP contribution in [0.5, 0.6) is 0 Å². The van der Waals surface area contributed by atoms with Crippen LogP contribution in [-0.4, -0.2) is 20.9 Å². The fourth-order valence-electron chi connectivity index (χ4n) is 3.12. The third-order valence-electron chi connectivity index (χ3n) is 4.60. The normalized spacial score (nSPS) is 10.8. The van der Waals surface area contributed by atoms with Gasteiger partial charge in [-0.05, 0) is 43.7 Å². The van der Waals surface area contributed by atoms with Gasteiger partial charge in [0.05, 0.1) is 24.3 Å². The molecule has 2 heterocycles. The van der Waals surface area contributed by atoms with E-state index in [-0.39, 0.29) is 12.3 Å². The van der Waals surface area contributed by atoms with Crippen molar-refractivity contribution in [2.45, 2.75) is 26.8 Å². The minimum Gasteiger partial charge on any atom is -0.461 e. The van der Waals surface area contributed by atoms with Gasteiger partial charge in [-0.25, -0.2) is 4.68 Å². The third-order valence-corrected chi connectivity index (χ3v) is 4.60. The number of nitrogens with one attached hydrogen (secondary N) is 1. The molecule has 6 nitrogen and oxygen atoms in total. The second-order valence-corrected chi connectivity index (χ2v) is 7.07. The zero-order valence-electron chi connectivity index (χ0n) is 16.4. The lowest BCUT2D eigenvalue weighted by atomic mass is 10.1. The molecular formula is C23H22N4O2. The Labute approximate surface area is 169 Å². The van der Waals surface area contributed by atoms with Crippen LogP contribution in [-0.2, 0) is 17.8 Å². The van der Waals surface area contributed by atoms with Gasteiger partial charge in [-0.1, -0.05) is 47.2 Å². The number of hydrogen-bond acceptors (Lipinski definition) is 4. The molecule has 0 fully saturated rings. The molecule has 0 saturated carbocycles. The Hall–Kier alpha value is -3.67. The van der Waals surface area contributed by atoms with Crippen molar-refractivity contribution >= 4 is 11.6 Å². The van der Waals surface area contributed by atoms with Crippen LogP contribution < -0.4 is 5.32 Å². The van der Waals surface area contributed by atoms with E-state index in [1.54, 1.807) is 10.9 Å². The van der Waals surface area contributed by atoms with Crippen LogP contribution in [0.1, 0.15) is 22.6 Å². The average molecular weight is 386 g/mol. The Kier molecular flexibility index (Phi) is 5.24. The molecule has 4 aromatic rings. The van der Waals surface area contributed by atoms with Crippen LogP contribution in [0.3, 0.4) is 0 Å². The maximum atomic E-state index is 12.6. The smallest absolute Gasteiger partial charge is 0.230 e. The van der Waals surface area contributed by atoms with Crippen LogP contribution in [0.25, 0.3) is 11.3 Å². The number of rotatable bonds is 6. The lowest BCUT2D eigenvalue weighted by molar-refractivity contribution is -0.115. The standard InChI is InChI=1S/C23H22N4O2/c1-16-7-10-18(11-8-16)14-27-15-19(25-26-27)13-23(28)24-21-6-4-3-5-20(21)22-12-9-17(2)29-22/h3-12,15H,13-14H2,1-2H3,(H,24,28). The second kappa shape index (κ2) is 8.14. The molecule has 4 rings (SSSR count). The number of aromatic nitrogens is 3. The third kappa shape index (κ3) is 4.60. The highest BCUT2D eigenvalue weighted by Crippen LogP contribution is 2.29. The summed E-state index contributed by atoms with van der Waals surface area (Å²) in [6.45, 7) is 4.57. The highest BCUT2D eigenvalue weighted by Gasteiger charge is 2.13. The number of carbonyl (C=O) groups is 1. The summed E-state index contributed by atoms with van der Waals surface area (Å²) in [5.41, 5.74) is 4.53. The van der Waals surface area contributed by atoms with Crippen molar-refractivity contribution in [2.75, 3.05) is 5.32 Å². The first-order valence-corrected chi connectivity index (χ1v) is 9.47. The van der Waals surface area contributed by atoms with E-state index in [1.165, 1.54) is 5.56 Å². The summed E-state index contributed by atoms with van der Waals surface area (Å²) in [6.07, 6.45) is 1.96. The average Bonchev–Trinajstić information content (AvgIpc) is 3.33. The molecular weight excluding hydrogens is 364 g/mol. The maximum absolute atomic E-state index is 12.6. The Morgan fingerprint density at radius 2 is 1.83 bits per heavy atom. The number of furan rings is 1. The molecule has 2 aromatic carbocycles. The number of anilines is 1. The Morgan fingerprint density at radius 1 is 1.03 bits per heavy atom. The van der Waals surface area contributed by atoms with E-state index in [2.05, 4.69) is 46.8 Å². The first-order chi connectivity index (χ1) is 14.1. The van der Waals surface area contributed by atoms with Crippen molar-refractivity contribution < 1.29 is 9.21 Å². The summed E-state index contributed by atoms with van der Waals surface area (Å²) in [7, 11) is 0. The molecule has 0 aliphatic rings. The molecule has 0 aliphatic heterocycles. The van der Waals surface area contributed by atoms with Gasteiger partial charge in [-0.15, -0.1) is 5.10 Å². The van der Waals surface area contributed by atoms with Gasteiger partial charge < -0.3 is 9.73 Å². The number of carbonyl (C=O) groups excluding carboxylic acids is 1. The van der Waals surface area contributed by atoms with Crippen molar-refractivity contribution in [3.05, 3.63) is 89.4 Å². The Balaban J connectivity index is 1.42. The molecule has 146 valence electrons. The van der Waals surface area contributed by atoms with E-state index in [0.717, 1.165) is 22.6 Å². The molecule has 2 aromatic heterocycles. The fraction of sp³-hybridized carbons (Fsp3) is 0.174. The summed E-state index contributed by atoms with van der Waals surface area (Å²) in [4.78, 5) is 12.6. The summed E-state index contributed by atoms with van der Waals surface area (Å²) in [5, 5.41) is 11.2. The summed E-state index contributed by atoms with van der Waals surface area (Å²) < 4.78 is 7.44. The fourth-order valence-corrected chi connectivity index (χ4v) is 3.12. The molecule has 0 aliphatic carbocycles. The van der Waals surface area contributed by atoms with E-state index < -0.39 is 0 Å². The van der Waals surface area contributed by atoms with Crippen molar-refractivity contribution in [3.63, 3.8) is 0 Å². The molecule has 6 heteroatoms. The van der Waals surface area contributed by atoms with Crippen LogP contribution in [0.2, 0.25) is 0 Å². The highest BCUT2D eigenvalue weighted by atomic mass is 16.3. The number of hydrogen-bond donors (Lipinski definition) is 1. The summed E-state index contributed by atoms with van der Waals surface area (Å²) in [5.74, 6) is 1.40. The minimum atomic E-state index is -0.150. The van der Waals surface area contributed by atoms with Crippen molar-refractivity contribution in [3.8, 4) is 11.3 Å². The molecule has 0 unspecified atom stereocenters. The van der Waals surface area contributed by atoms with Gasteiger partial charge in [-0.2, -0.15) is 0 Å². The zero-order valence-corrected chi connectivity index (χ0v) is 16.4. The topological polar surface area (TPSA) is 73.0 Å². The molecule has 1 N–H and O–H groups in total. The van der Waals surface area contributed by atoms with Crippen molar-refractivity contribution in [1.82, 2.24) is 15.0 Å². The summed E-state index contributed by atoms with van der Waals surface area (Å²) >= 11 is 0. The molecule has 1 amide bonds. The largest absolute Gasteiger partial charge is 0.461 e. The van der Waals surface area contributed by atoms with Gasteiger partial charge in [-0.3, -0.25) is 4.79 Å². The lowest BCUT2D eigenvalue weighted by Crippen LogP contribution is -2.15. The number of benzene rings is 2. The van der Waals surface area contributed by atoms with E-state index in [9.17, 15) is 4.79 Å². The van der Waals surface area contributed by atoms with E-state index >= 15 is 0 Å². The van der Waals surface area contributed by atoms with E-state index in [4.69, 9.17) is 4.42 Å². The zero-order chi connectivity index (χ0) is 20.2. The summed E-state index contributed by atoms with van der Waals surface area (Å²) in [6, 6.07) is 19.7. The van der Waals surface area contributed by atoms with Crippen LogP contribution in [0.4, 0.5) is 5.69 Å². The predicted molar refractivity (Wildman–Crippen MR) is 112 cm³/mol. The van der Waals surface area contributed by atoms with Crippen LogP contribution in [0.15, 0.2) is 71.3 Å². The van der Waals surface area contributed by atoms with Gasteiger partial charge in [0.2, 0.25) is 5.91 Å². The van der Waals surface area contributed by atoms with E-state index in [1.807, 2.05) is 43.3 Å². The SMILES string of the molecule is Cc1ccc(Cn2cc(CC(=O)Nc3ccccc3-c3ccc(C)o3)nn2)cc1. The maximum Gasteiger partial charge on any atom is 0.230 e. The van der Waals surface area contributed by atoms with Gasteiger partial charge in [0.25, 0.3) is 0 Å². The highest BCUT2D eigenvalue weighted by molar-refractivity contribution is 5.95. The lowest BCUT2D eigenvalue weighted by Gasteiger charge is -2.08. The molecule has 0 bridgehead atoms. The molecule has 0 spiro atoms. The number of amides is 1. The number of para-hydroxylation sites is 1. The quantitative estimate of drug-likeness (QED) is 0.534. The molecule has 0 radical (unpaired) electrons. The number of aryl methyl sites for hydroxylation is 2. The van der Waals surface area contributed by atoms with Gasteiger partial charge in [0, 0.05) is 11.8 Å². The van der Waals surface area contributed by atoms with Crippen molar-refractivity contribution in [1.29, 1.82) is 0 Å². The number of nitrogens with zero attached hydrogens (tertiary/aromatic N) is 3. The van der Waals surface area contributed by atoms with Gasteiger partial charge in [0.1, 0.15) is 11.5 Å². The second-order valence-electron chi connectivity index (χ2n) is 7.07. The molecule has 29 heavy (non-hydrogen) atoms. The molecule has 0 atom stereocenters. The van der Waals surface area contributed by atoms with Gasteiger partial charge >= 0.3 is 0 Å². The van der Waals surface area contributed by atoms with Crippen molar-refractivity contribution in [2.24, 2.45) is 0 Å². The minimum absolute atomic E-state index is 0.150. The van der Waals surface area contributed by atoms with E-state index in [0.29, 0.717) is 17.9 Å². The van der Waals surface area contributed by atoms with Crippen LogP contribution in [0, 0.1) is 13.8 Å². The predicted octanol–water partition coefficient (Wildman–Crippen LogP) is 4.38. The Bertz CT molecular complexity index is 1130. The first-order valence-electron chi connectivity index (χ1n) is 9.47. The molecule has 0 saturated heterocycles. The monoisotopic (exact) mass is 386 g/mol. The first kappa shape index (κ1) is 18.7. The van der Waals surface area contributed by atoms with Gasteiger partial charge in [0.15, 0.2) is 0 Å².